The predicted octanol–water partition coefficient (Wildman–Crippen LogP) is 4.60. The number of amides is 1. The lowest BCUT2D eigenvalue weighted by molar-refractivity contribution is 0.0187. The summed E-state index contributed by atoms with van der Waals surface area (Å²) in [5.41, 5.74) is 2.59. The second-order valence-electron chi connectivity index (χ2n) is 10.3. The van der Waals surface area contributed by atoms with Crippen molar-refractivity contribution in [2.75, 3.05) is 20.2 Å². The summed E-state index contributed by atoms with van der Waals surface area (Å²) in [5.74, 6) is 0.640. The van der Waals surface area contributed by atoms with Crippen molar-refractivity contribution >= 4 is 22.5 Å². The van der Waals surface area contributed by atoms with Crippen LogP contribution in [0.2, 0.25) is 0 Å². The zero-order chi connectivity index (χ0) is 25.6. The van der Waals surface area contributed by atoms with E-state index in [1.807, 2.05) is 70.4 Å². The summed E-state index contributed by atoms with van der Waals surface area (Å²) >= 11 is 0. The van der Waals surface area contributed by atoms with Gasteiger partial charge in [0.1, 0.15) is 5.60 Å². The predicted molar refractivity (Wildman–Crippen MR) is 138 cm³/mol. The summed E-state index contributed by atoms with van der Waals surface area (Å²) in [6.45, 7) is 8.62. The molecule has 0 atom stereocenters. The first kappa shape index (κ1) is 23.8. The summed E-state index contributed by atoms with van der Waals surface area (Å²) in [4.78, 5) is 31.9. The highest BCUT2D eigenvalue weighted by Crippen LogP contribution is 2.28. The molecule has 0 spiro atoms. The van der Waals surface area contributed by atoms with Gasteiger partial charge in [-0.2, -0.15) is 5.10 Å². The Morgan fingerprint density at radius 1 is 1.11 bits per heavy atom. The zero-order valence-corrected chi connectivity index (χ0v) is 21.3. The third-order valence-corrected chi connectivity index (χ3v) is 6.47. The number of likely N-dealkylation sites (tertiary alicyclic amines) is 1. The van der Waals surface area contributed by atoms with Crippen LogP contribution < -0.4 is 10.3 Å². The lowest BCUT2D eigenvalue weighted by Gasteiger charge is -2.34. The van der Waals surface area contributed by atoms with E-state index in [1.54, 1.807) is 21.1 Å². The number of methoxy groups -OCH3 is 1. The number of imidazole rings is 1. The van der Waals surface area contributed by atoms with Crippen LogP contribution in [0.4, 0.5) is 4.79 Å². The van der Waals surface area contributed by atoms with Crippen molar-refractivity contribution in [3.63, 3.8) is 0 Å². The molecule has 1 amide bonds. The van der Waals surface area contributed by atoms with Gasteiger partial charge in [-0.05, 0) is 64.1 Å². The van der Waals surface area contributed by atoms with Gasteiger partial charge in [0.2, 0.25) is 0 Å². The number of hydrogen-bond acceptors (Lipinski definition) is 6. The van der Waals surface area contributed by atoms with Crippen molar-refractivity contribution in [3.8, 4) is 17.0 Å². The van der Waals surface area contributed by atoms with Crippen molar-refractivity contribution in [2.24, 2.45) is 0 Å². The fourth-order valence-corrected chi connectivity index (χ4v) is 4.72. The third kappa shape index (κ3) is 4.53. The number of ether oxygens (including phenoxy) is 2. The van der Waals surface area contributed by atoms with Crippen LogP contribution in [0.1, 0.15) is 45.3 Å². The van der Waals surface area contributed by atoms with Crippen molar-refractivity contribution in [3.05, 3.63) is 58.8 Å². The average Bonchev–Trinajstić information content (AvgIpc) is 3.22. The molecule has 188 valence electrons. The molecule has 9 nitrogen and oxygen atoms in total. The van der Waals surface area contributed by atoms with E-state index >= 15 is 0 Å². The molecular weight excluding hydrogens is 458 g/mol. The van der Waals surface area contributed by atoms with Crippen LogP contribution in [-0.4, -0.2) is 56.0 Å². The summed E-state index contributed by atoms with van der Waals surface area (Å²) in [7, 11) is 1.62. The molecule has 4 aromatic rings. The highest BCUT2D eigenvalue weighted by molar-refractivity contribution is 5.86. The van der Waals surface area contributed by atoms with E-state index in [2.05, 4.69) is 10.1 Å². The molecule has 36 heavy (non-hydrogen) atoms. The van der Waals surface area contributed by atoms with Gasteiger partial charge < -0.3 is 18.9 Å². The molecule has 0 radical (unpaired) electrons. The molecule has 0 saturated carbocycles. The molecule has 1 fully saturated rings. The number of piperidine rings is 1. The van der Waals surface area contributed by atoms with E-state index in [1.165, 1.54) is 0 Å². The fraction of sp³-hybridized carbons (Fsp3) is 0.407. The van der Waals surface area contributed by atoms with E-state index < -0.39 is 5.60 Å². The van der Waals surface area contributed by atoms with E-state index in [9.17, 15) is 9.59 Å². The highest BCUT2D eigenvalue weighted by atomic mass is 16.6. The minimum absolute atomic E-state index is 0.0269. The molecule has 1 aliphatic rings. The van der Waals surface area contributed by atoms with E-state index in [4.69, 9.17) is 9.47 Å². The Bertz CT molecular complexity index is 1510. The number of pyridine rings is 1. The quantitative estimate of drug-likeness (QED) is 0.418. The number of carbonyl (C=O) groups is 1. The molecular formula is C27H31N5O4. The fourth-order valence-electron chi connectivity index (χ4n) is 4.72. The lowest BCUT2D eigenvalue weighted by atomic mass is 10.0. The number of benzene rings is 1. The van der Waals surface area contributed by atoms with Crippen LogP contribution in [-0.2, 0) is 4.74 Å². The monoisotopic (exact) mass is 489 g/mol. The van der Waals surface area contributed by atoms with Gasteiger partial charge in [0.15, 0.2) is 11.4 Å². The van der Waals surface area contributed by atoms with Crippen molar-refractivity contribution in [2.45, 2.75) is 52.2 Å². The summed E-state index contributed by atoms with van der Waals surface area (Å²) < 4.78 is 14.5. The van der Waals surface area contributed by atoms with Gasteiger partial charge in [0.25, 0.3) is 5.56 Å². The van der Waals surface area contributed by atoms with Crippen LogP contribution in [0.25, 0.3) is 27.7 Å². The Balaban J connectivity index is 1.40. The van der Waals surface area contributed by atoms with Gasteiger partial charge in [0, 0.05) is 42.3 Å². The molecule has 0 N–H and O–H groups in total. The number of nitrogens with zero attached hydrogens (tertiary/aromatic N) is 5. The average molecular weight is 490 g/mol. The second-order valence-corrected chi connectivity index (χ2v) is 10.3. The maximum atomic E-state index is 13.4. The first-order valence-electron chi connectivity index (χ1n) is 12.2. The van der Waals surface area contributed by atoms with Crippen LogP contribution in [0.5, 0.6) is 5.75 Å². The van der Waals surface area contributed by atoms with Crippen LogP contribution in [0.3, 0.4) is 0 Å². The van der Waals surface area contributed by atoms with E-state index in [0.29, 0.717) is 42.7 Å². The Labute approximate surface area is 209 Å². The van der Waals surface area contributed by atoms with Crippen molar-refractivity contribution < 1.29 is 14.3 Å². The largest absolute Gasteiger partial charge is 0.493 e. The topological polar surface area (TPSA) is 91.0 Å². The summed E-state index contributed by atoms with van der Waals surface area (Å²) in [5, 5.41) is 6.19. The summed E-state index contributed by atoms with van der Waals surface area (Å²) in [6.07, 6.45) is 4.83. The number of rotatable bonds is 3. The number of aromatic nitrogens is 4. The molecule has 9 heteroatoms. The number of aryl methyl sites for hydroxylation is 1. The Kier molecular flexibility index (Phi) is 5.94. The van der Waals surface area contributed by atoms with Gasteiger partial charge in [-0.25, -0.2) is 14.3 Å². The number of fused-ring (bicyclic) bond motifs is 2. The lowest BCUT2D eigenvalue weighted by Crippen LogP contribution is -2.43. The molecule has 1 saturated heterocycles. The Morgan fingerprint density at radius 3 is 2.56 bits per heavy atom. The van der Waals surface area contributed by atoms with E-state index in [-0.39, 0.29) is 17.7 Å². The Hall–Kier alpha value is -3.88. The zero-order valence-electron chi connectivity index (χ0n) is 21.3. The van der Waals surface area contributed by atoms with Crippen LogP contribution >= 0.6 is 0 Å². The minimum Gasteiger partial charge on any atom is -0.493 e. The molecule has 1 aromatic carbocycles. The van der Waals surface area contributed by atoms with Gasteiger partial charge >= 0.3 is 6.09 Å². The summed E-state index contributed by atoms with van der Waals surface area (Å²) in [6, 6.07) is 9.62. The first-order valence-corrected chi connectivity index (χ1v) is 12.2. The third-order valence-electron chi connectivity index (χ3n) is 6.47. The molecule has 3 aromatic heterocycles. The Morgan fingerprint density at radius 2 is 1.86 bits per heavy atom. The van der Waals surface area contributed by atoms with Gasteiger partial charge in [-0.3, -0.25) is 4.79 Å². The minimum atomic E-state index is -0.522. The molecule has 0 aliphatic carbocycles. The molecule has 5 rings (SSSR count). The maximum absolute atomic E-state index is 13.4. The molecule has 1 aliphatic heterocycles. The number of hydrogen-bond donors (Lipinski definition) is 0. The highest BCUT2D eigenvalue weighted by Gasteiger charge is 2.28. The van der Waals surface area contributed by atoms with Crippen LogP contribution in [0, 0.1) is 6.92 Å². The van der Waals surface area contributed by atoms with Gasteiger partial charge in [0.05, 0.1) is 24.7 Å². The molecule has 0 bridgehead atoms. The molecule has 0 unspecified atom stereocenters. The number of carbonyl (C=O) groups excluding carboxylic acids is 1. The maximum Gasteiger partial charge on any atom is 0.410 e. The van der Waals surface area contributed by atoms with Gasteiger partial charge in [-0.15, -0.1) is 0 Å². The first-order chi connectivity index (χ1) is 17.1. The molecule has 4 heterocycles. The SMILES string of the molecule is COc1cc(-c2ccc3c(=O)n(C4CCN(C(=O)OC(C)(C)C)CC4)ccc3c2)nn2cc(C)nc12. The van der Waals surface area contributed by atoms with Gasteiger partial charge in [-0.1, -0.05) is 6.07 Å². The van der Waals surface area contributed by atoms with E-state index in [0.717, 1.165) is 22.3 Å². The van der Waals surface area contributed by atoms with Crippen molar-refractivity contribution in [1.82, 2.24) is 24.1 Å². The standard InChI is InChI=1S/C27H31N5O4/c1-17-16-32-24(28-17)23(35-5)15-22(29-32)19-6-7-21-18(14-19)8-13-31(25(21)33)20-9-11-30(12-10-20)26(34)36-27(2,3)4/h6-8,13-16,20H,9-12H2,1-5H3. The second kappa shape index (κ2) is 8.96. The smallest absolute Gasteiger partial charge is 0.410 e. The van der Waals surface area contributed by atoms with Crippen molar-refractivity contribution in [1.29, 1.82) is 0 Å². The van der Waals surface area contributed by atoms with Crippen LogP contribution in [0.15, 0.2) is 47.5 Å². The normalized spacial score (nSPS) is 15.0.